The summed E-state index contributed by atoms with van der Waals surface area (Å²) in [5, 5.41) is 23.0. The van der Waals surface area contributed by atoms with E-state index < -0.39 is 10.8 Å². The molecule has 0 saturated carbocycles. The van der Waals surface area contributed by atoms with Crippen LogP contribution in [0.3, 0.4) is 0 Å². The molecule has 0 fully saturated rings. The van der Waals surface area contributed by atoms with Crippen LogP contribution in [-0.4, -0.2) is 10.7 Å². The van der Waals surface area contributed by atoms with Crippen LogP contribution < -0.4 is 10.6 Å². The van der Waals surface area contributed by atoms with Crippen molar-refractivity contribution in [3.63, 3.8) is 0 Å². The molecular formula is C31H27ClN4O3S. The first-order chi connectivity index (χ1) is 19.2. The van der Waals surface area contributed by atoms with Gasteiger partial charge in [-0.2, -0.15) is 5.26 Å². The van der Waals surface area contributed by atoms with Gasteiger partial charge in [0.1, 0.15) is 11.5 Å². The molecule has 1 atom stereocenters. The van der Waals surface area contributed by atoms with Gasteiger partial charge in [-0.15, -0.1) is 11.8 Å². The molecule has 2 N–H and O–H groups in total. The van der Waals surface area contributed by atoms with Crippen LogP contribution in [0.25, 0.3) is 0 Å². The zero-order valence-corrected chi connectivity index (χ0v) is 23.7. The first-order valence-electron chi connectivity index (χ1n) is 12.9. The second-order valence-corrected chi connectivity index (χ2v) is 11.4. The number of nitro groups is 1. The average Bonchev–Trinajstić information content (AvgIpc) is 2.93. The highest BCUT2D eigenvalue weighted by Crippen LogP contribution is 2.49. The summed E-state index contributed by atoms with van der Waals surface area (Å²) in [5.74, 6) is 0.102. The van der Waals surface area contributed by atoms with Gasteiger partial charge in [-0.05, 0) is 73.7 Å². The van der Waals surface area contributed by atoms with Crippen LogP contribution in [0.15, 0.2) is 88.2 Å². The number of ketones is 1. The lowest BCUT2D eigenvalue weighted by Crippen LogP contribution is -2.39. The number of Topliss-reactive ketones (excluding diaryl/α,β-unsaturated/α-hetero) is 1. The molecular weight excluding hydrogens is 544 g/mol. The molecule has 1 aliphatic carbocycles. The van der Waals surface area contributed by atoms with E-state index in [2.05, 4.69) is 12.1 Å². The maximum Gasteiger partial charge on any atom is 0.293 e. The van der Waals surface area contributed by atoms with Gasteiger partial charge in [0.25, 0.3) is 5.69 Å². The zero-order chi connectivity index (χ0) is 28.6. The van der Waals surface area contributed by atoms with E-state index in [1.807, 2.05) is 44.2 Å². The number of hydrogen-bond acceptors (Lipinski definition) is 7. The predicted octanol–water partition coefficient (Wildman–Crippen LogP) is 7.46. The Kier molecular flexibility index (Phi) is 7.70. The van der Waals surface area contributed by atoms with Gasteiger partial charge in [0.2, 0.25) is 0 Å². The van der Waals surface area contributed by atoms with Crippen molar-refractivity contribution >= 4 is 40.5 Å². The molecule has 7 nitrogen and oxygen atoms in total. The van der Waals surface area contributed by atoms with Gasteiger partial charge in [-0.25, -0.2) is 0 Å². The van der Waals surface area contributed by atoms with Crippen molar-refractivity contribution < 1.29 is 9.72 Å². The van der Waals surface area contributed by atoms with E-state index in [-0.39, 0.29) is 28.6 Å². The fraction of sp³-hybridized carbons (Fsp3) is 0.226. The number of rotatable bonds is 6. The Morgan fingerprint density at radius 1 is 1.15 bits per heavy atom. The number of carbonyl (C=O) groups excluding carboxylic acids is 1. The summed E-state index contributed by atoms with van der Waals surface area (Å²) in [5.41, 5.74) is 12.1. The monoisotopic (exact) mass is 570 g/mol. The smallest absolute Gasteiger partial charge is 0.293 e. The summed E-state index contributed by atoms with van der Waals surface area (Å²) in [6.07, 6.45) is 1.47. The number of hydrogen-bond donors (Lipinski definition) is 1. The topological polar surface area (TPSA) is 113 Å². The molecule has 0 aromatic heterocycles. The third kappa shape index (κ3) is 4.99. The highest BCUT2D eigenvalue weighted by atomic mass is 35.5. The first kappa shape index (κ1) is 27.5. The van der Waals surface area contributed by atoms with Gasteiger partial charge in [0.15, 0.2) is 5.78 Å². The zero-order valence-electron chi connectivity index (χ0n) is 22.1. The third-order valence-corrected chi connectivity index (χ3v) is 8.76. The van der Waals surface area contributed by atoms with Crippen molar-refractivity contribution in [3.8, 4) is 6.07 Å². The molecule has 202 valence electrons. The normalized spacial score (nSPS) is 17.1. The number of nitrogens with zero attached hydrogens (tertiary/aromatic N) is 3. The van der Waals surface area contributed by atoms with Crippen LogP contribution in [0.2, 0.25) is 5.02 Å². The summed E-state index contributed by atoms with van der Waals surface area (Å²) in [7, 11) is 0. The van der Waals surface area contributed by atoms with E-state index in [1.165, 1.54) is 6.07 Å². The maximum absolute atomic E-state index is 13.6. The summed E-state index contributed by atoms with van der Waals surface area (Å²) in [6, 6.07) is 20.4. The van der Waals surface area contributed by atoms with E-state index in [4.69, 9.17) is 17.3 Å². The Hall–Kier alpha value is -4.06. The standard InChI is InChI=1S/C31H27ClN4O3S/c1-18-14-20(17-40-22-12-10-21(32)11-13-22)19(2)23(15-18)29-24(16-33)31(34)35(27-8-5-9-28(37)30(27)29)25-6-3-4-7-26(25)36(38)39/h3-4,6-7,10-15,29H,5,8-9,17,34H2,1-2H3. The molecule has 0 bridgehead atoms. The molecule has 0 amide bonds. The molecule has 3 aromatic carbocycles. The van der Waals surface area contributed by atoms with Crippen molar-refractivity contribution in [2.24, 2.45) is 5.73 Å². The fourth-order valence-electron chi connectivity index (χ4n) is 5.59. The SMILES string of the molecule is Cc1cc(CSc2ccc(Cl)cc2)c(C)c(C2C(C#N)=C(N)N(c3ccccc3[N+](=O)[O-])C3=C2C(=O)CCC3)c1. The van der Waals surface area contributed by atoms with Crippen LogP contribution in [-0.2, 0) is 10.5 Å². The lowest BCUT2D eigenvalue weighted by molar-refractivity contribution is -0.384. The van der Waals surface area contributed by atoms with Gasteiger partial charge >= 0.3 is 0 Å². The lowest BCUT2D eigenvalue weighted by atomic mass is 9.73. The number of nitrogens with two attached hydrogens (primary N) is 1. The number of thioether (sulfide) groups is 1. The molecule has 3 aromatic rings. The number of anilines is 1. The fourth-order valence-corrected chi connectivity index (χ4v) is 6.66. The second kappa shape index (κ2) is 11.2. The Morgan fingerprint density at radius 3 is 2.58 bits per heavy atom. The number of benzene rings is 3. The molecule has 1 heterocycles. The summed E-state index contributed by atoms with van der Waals surface area (Å²) >= 11 is 7.72. The van der Waals surface area contributed by atoms with Crippen molar-refractivity contribution in [2.75, 3.05) is 4.90 Å². The number of carbonyl (C=O) groups is 1. The van der Waals surface area contributed by atoms with E-state index >= 15 is 0 Å². The Labute approximate surface area is 242 Å². The van der Waals surface area contributed by atoms with E-state index in [1.54, 1.807) is 34.9 Å². The average molecular weight is 571 g/mol. The Balaban J connectivity index is 1.66. The Morgan fingerprint density at radius 2 is 1.88 bits per heavy atom. The summed E-state index contributed by atoms with van der Waals surface area (Å²) in [4.78, 5) is 27.7. The van der Waals surface area contributed by atoms with Crippen LogP contribution in [0, 0.1) is 35.3 Å². The molecule has 1 aliphatic heterocycles. The van der Waals surface area contributed by atoms with Crippen molar-refractivity contribution in [1.29, 1.82) is 5.26 Å². The molecule has 5 rings (SSSR count). The van der Waals surface area contributed by atoms with Crippen molar-refractivity contribution in [2.45, 2.75) is 49.7 Å². The molecule has 1 unspecified atom stereocenters. The lowest BCUT2D eigenvalue weighted by Gasteiger charge is -2.39. The first-order valence-corrected chi connectivity index (χ1v) is 14.3. The van der Waals surface area contributed by atoms with Crippen LogP contribution in [0.4, 0.5) is 11.4 Å². The number of aryl methyl sites for hydroxylation is 1. The molecule has 0 saturated heterocycles. The number of allylic oxidation sites excluding steroid dienone is 3. The van der Waals surface area contributed by atoms with Crippen LogP contribution in [0.1, 0.15) is 47.4 Å². The van der Waals surface area contributed by atoms with Gasteiger partial charge in [0.05, 0.1) is 22.5 Å². The van der Waals surface area contributed by atoms with Gasteiger partial charge in [-0.1, -0.05) is 41.4 Å². The number of halogens is 1. The largest absolute Gasteiger partial charge is 0.384 e. The minimum absolute atomic E-state index is 0.0620. The van der Waals surface area contributed by atoms with Gasteiger partial charge in [-0.3, -0.25) is 19.8 Å². The van der Waals surface area contributed by atoms with Crippen LogP contribution >= 0.6 is 23.4 Å². The number of nitro benzene ring substituents is 1. The van der Waals surface area contributed by atoms with Crippen molar-refractivity contribution in [3.05, 3.63) is 121 Å². The van der Waals surface area contributed by atoms with E-state index in [9.17, 15) is 20.2 Å². The van der Waals surface area contributed by atoms with E-state index in [0.29, 0.717) is 41.3 Å². The molecule has 2 aliphatic rings. The molecule has 9 heteroatoms. The number of para-hydroxylation sites is 2. The van der Waals surface area contributed by atoms with E-state index in [0.717, 1.165) is 27.1 Å². The second-order valence-electron chi connectivity index (χ2n) is 9.94. The highest BCUT2D eigenvalue weighted by Gasteiger charge is 2.42. The third-order valence-electron chi connectivity index (χ3n) is 7.45. The van der Waals surface area contributed by atoms with Crippen LogP contribution in [0.5, 0.6) is 0 Å². The van der Waals surface area contributed by atoms with Gasteiger partial charge in [0, 0.05) is 39.4 Å². The molecule has 0 spiro atoms. The summed E-state index contributed by atoms with van der Waals surface area (Å²) < 4.78 is 0. The summed E-state index contributed by atoms with van der Waals surface area (Å²) in [6.45, 7) is 4.01. The quantitative estimate of drug-likeness (QED) is 0.186. The molecule has 0 radical (unpaired) electrons. The van der Waals surface area contributed by atoms with Gasteiger partial charge < -0.3 is 5.73 Å². The Bertz CT molecular complexity index is 1640. The minimum Gasteiger partial charge on any atom is -0.384 e. The predicted molar refractivity (Wildman–Crippen MR) is 158 cm³/mol. The number of nitriles is 1. The molecule has 40 heavy (non-hydrogen) atoms. The minimum atomic E-state index is -0.647. The van der Waals surface area contributed by atoms with Crippen molar-refractivity contribution in [1.82, 2.24) is 0 Å². The maximum atomic E-state index is 13.6. The highest BCUT2D eigenvalue weighted by molar-refractivity contribution is 7.98.